The quantitative estimate of drug-likeness (QED) is 0.760. The van der Waals surface area contributed by atoms with Crippen molar-refractivity contribution in [1.29, 1.82) is 0 Å². The van der Waals surface area contributed by atoms with Crippen molar-refractivity contribution in [3.8, 4) is 0 Å². The number of hydrogen-bond donors (Lipinski definition) is 2. The van der Waals surface area contributed by atoms with Crippen LogP contribution in [-0.2, 0) is 10.0 Å². The van der Waals surface area contributed by atoms with Gasteiger partial charge in [0, 0.05) is 31.4 Å². The third-order valence-corrected chi connectivity index (χ3v) is 5.05. The predicted octanol–water partition coefficient (Wildman–Crippen LogP) is -0.455. The lowest BCUT2D eigenvalue weighted by Gasteiger charge is -2.14. The van der Waals surface area contributed by atoms with E-state index in [9.17, 15) is 18.0 Å². The summed E-state index contributed by atoms with van der Waals surface area (Å²) in [6.07, 6.45) is 1.84. The zero-order valence-electron chi connectivity index (χ0n) is 11.2. The Morgan fingerprint density at radius 3 is 2.81 bits per heavy atom. The lowest BCUT2D eigenvalue weighted by molar-refractivity contribution is 0.0690. The smallest absolute Gasteiger partial charge is 0.354 e. The molecule has 9 heteroatoms. The van der Waals surface area contributed by atoms with Crippen molar-refractivity contribution in [3.05, 3.63) is 29.6 Å². The number of nitrogens with one attached hydrogen (secondary N) is 1. The largest absolute Gasteiger partial charge is 0.477 e. The highest BCUT2D eigenvalue weighted by molar-refractivity contribution is 7.89. The number of carboxylic acids is 1. The summed E-state index contributed by atoms with van der Waals surface area (Å²) in [5.74, 6) is -1.53. The second-order valence-electron chi connectivity index (χ2n) is 4.56. The Morgan fingerprint density at radius 2 is 2.19 bits per heavy atom. The second-order valence-corrected chi connectivity index (χ2v) is 6.65. The minimum absolute atomic E-state index is 0.146. The van der Waals surface area contributed by atoms with Crippen LogP contribution in [0.1, 0.15) is 27.3 Å². The maximum Gasteiger partial charge on any atom is 0.354 e. The normalized spacial score (nSPS) is 17.5. The Morgan fingerprint density at radius 1 is 1.43 bits per heavy atom. The van der Waals surface area contributed by atoms with Gasteiger partial charge in [0.2, 0.25) is 10.0 Å². The Labute approximate surface area is 121 Å². The molecule has 0 aliphatic carbocycles. The molecule has 0 spiro atoms. The van der Waals surface area contributed by atoms with Crippen LogP contribution in [-0.4, -0.2) is 60.1 Å². The summed E-state index contributed by atoms with van der Waals surface area (Å²) in [6, 6.07) is 2.57. The van der Waals surface area contributed by atoms with E-state index in [0.29, 0.717) is 13.0 Å². The van der Waals surface area contributed by atoms with Gasteiger partial charge in [-0.3, -0.25) is 4.79 Å². The molecule has 114 valence electrons. The average Bonchev–Trinajstić information content (AvgIpc) is 2.78. The molecule has 0 bridgehead atoms. The first-order valence-corrected chi connectivity index (χ1v) is 7.96. The van der Waals surface area contributed by atoms with Crippen LogP contribution in [0.3, 0.4) is 0 Å². The number of amides is 1. The summed E-state index contributed by atoms with van der Waals surface area (Å²) in [6.45, 7) is 0.852. The van der Waals surface area contributed by atoms with Gasteiger partial charge in [-0.05, 0) is 18.6 Å². The van der Waals surface area contributed by atoms with Gasteiger partial charge in [0.25, 0.3) is 5.91 Å². The number of rotatable bonds is 5. The number of sulfonamides is 1. The zero-order chi connectivity index (χ0) is 15.5. The maximum absolute atomic E-state index is 11.9. The van der Waals surface area contributed by atoms with Crippen LogP contribution in [0.15, 0.2) is 18.3 Å². The number of hydrogen-bond acceptors (Lipinski definition) is 5. The maximum atomic E-state index is 11.9. The van der Waals surface area contributed by atoms with Crippen LogP contribution in [0.5, 0.6) is 0 Å². The summed E-state index contributed by atoms with van der Waals surface area (Å²) in [5.41, 5.74) is -0.0450. The monoisotopic (exact) mass is 313 g/mol. The molecule has 2 heterocycles. The molecule has 2 rings (SSSR count). The molecule has 0 aromatic carbocycles. The van der Waals surface area contributed by atoms with Crippen molar-refractivity contribution in [3.63, 3.8) is 0 Å². The summed E-state index contributed by atoms with van der Waals surface area (Å²) in [5, 5.41) is 11.4. The minimum atomic E-state index is -3.17. The molecule has 1 aliphatic heterocycles. The Balaban J connectivity index is 1.90. The third kappa shape index (κ3) is 3.76. The summed E-state index contributed by atoms with van der Waals surface area (Å²) >= 11 is 0. The van der Waals surface area contributed by atoms with Crippen LogP contribution >= 0.6 is 0 Å². The molecule has 0 atom stereocenters. The van der Waals surface area contributed by atoms with Crippen molar-refractivity contribution < 1.29 is 23.1 Å². The number of aromatic nitrogens is 1. The molecule has 8 nitrogen and oxygen atoms in total. The molecule has 0 radical (unpaired) electrons. The highest BCUT2D eigenvalue weighted by Gasteiger charge is 2.27. The molecular weight excluding hydrogens is 298 g/mol. The van der Waals surface area contributed by atoms with E-state index in [4.69, 9.17) is 5.11 Å². The van der Waals surface area contributed by atoms with E-state index < -0.39 is 21.9 Å². The zero-order valence-corrected chi connectivity index (χ0v) is 12.0. The molecule has 21 heavy (non-hydrogen) atoms. The second kappa shape index (κ2) is 6.19. The fourth-order valence-electron chi connectivity index (χ4n) is 2.03. The van der Waals surface area contributed by atoms with Crippen LogP contribution in [0.4, 0.5) is 0 Å². The molecule has 0 unspecified atom stereocenters. The first kappa shape index (κ1) is 15.4. The number of carboxylic acid groups (broad SMARTS) is 1. The van der Waals surface area contributed by atoms with Gasteiger partial charge in [0.05, 0.1) is 5.75 Å². The number of nitrogens with zero attached hydrogens (tertiary/aromatic N) is 2. The Bertz CT molecular complexity index is 659. The Hall–Kier alpha value is -2.00. The van der Waals surface area contributed by atoms with Gasteiger partial charge in [-0.25, -0.2) is 22.5 Å². The third-order valence-electron chi connectivity index (χ3n) is 3.09. The SMILES string of the molecule is O=C(NCCN1CCCS1(=O)=O)c1ccnc(C(=O)O)c1. The van der Waals surface area contributed by atoms with E-state index in [1.807, 2.05) is 0 Å². The predicted molar refractivity (Wildman–Crippen MR) is 73.5 cm³/mol. The van der Waals surface area contributed by atoms with Crippen molar-refractivity contribution in [1.82, 2.24) is 14.6 Å². The van der Waals surface area contributed by atoms with Crippen LogP contribution in [0, 0.1) is 0 Å². The first-order valence-electron chi connectivity index (χ1n) is 6.35. The van der Waals surface area contributed by atoms with Crippen molar-refractivity contribution >= 4 is 21.9 Å². The first-order chi connectivity index (χ1) is 9.90. The van der Waals surface area contributed by atoms with E-state index in [1.54, 1.807) is 0 Å². The van der Waals surface area contributed by atoms with Gasteiger partial charge in [0.15, 0.2) is 0 Å². The highest BCUT2D eigenvalue weighted by atomic mass is 32.2. The minimum Gasteiger partial charge on any atom is -0.477 e. The number of carbonyl (C=O) groups is 2. The molecule has 1 aliphatic rings. The van der Waals surface area contributed by atoms with Gasteiger partial charge >= 0.3 is 5.97 Å². The Kier molecular flexibility index (Phi) is 4.53. The standard InChI is InChI=1S/C12H15N3O5S/c16-11(9-2-3-13-10(8-9)12(17)18)14-4-6-15-5-1-7-21(15,19)20/h2-3,8H,1,4-7H2,(H,14,16)(H,17,18). The topological polar surface area (TPSA) is 117 Å². The van der Waals surface area contributed by atoms with Gasteiger partial charge in [-0.1, -0.05) is 0 Å². The van der Waals surface area contributed by atoms with Gasteiger partial charge in [0.1, 0.15) is 5.69 Å². The van der Waals surface area contributed by atoms with E-state index in [1.165, 1.54) is 22.6 Å². The molecule has 1 saturated heterocycles. The van der Waals surface area contributed by atoms with Crippen molar-refractivity contribution in [2.24, 2.45) is 0 Å². The summed E-state index contributed by atoms with van der Waals surface area (Å²) in [7, 11) is -3.17. The van der Waals surface area contributed by atoms with E-state index in [2.05, 4.69) is 10.3 Å². The number of carbonyl (C=O) groups excluding carboxylic acids is 1. The lowest BCUT2D eigenvalue weighted by atomic mass is 10.2. The number of pyridine rings is 1. The average molecular weight is 313 g/mol. The van der Waals surface area contributed by atoms with E-state index in [-0.39, 0.29) is 30.1 Å². The summed E-state index contributed by atoms with van der Waals surface area (Å²) in [4.78, 5) is 26.2. The van der Waals surface area contributed by atoms with Gasteiger partial charge < -0.3 is 10.4 Å². The van der Waals surface area contributed by atoms with E-state index >= 15 is 0 Å². The van der Waals surface area contributed by atoms with Gasteiger partial charge in [-0.2, -0.15) is 0 Å². The van der Waals surface area contributed by atoms with E-state index in [0.717, 1.165) is 0 Å². The van der Waals surface area contributed by atoms with Gasteiger partial charge in [-0.15, -0.1) is 0 Å². The summed E-state index contributed by atoms with van der Waals surface area (Å²) < 4.78 is 24.5. The molecule has 2 N–H and O–H groups in total. The fraction of sp³-hybridized carbons (Fsp3) is 0.417. The van der Waals surface area contributed by atoms with Crippen LogP contribution < -0.4 is 5.32 Å². The highest BCUT2D eigenvalue weighted by Crippen LogP contribution is 2.11. The fourth-order valence-corrected chi connectivity index (χ4v) is 3.56. The number of aromatic carboxylic acids is 1. The van der Waals surface area contributed by atoms with Crippen LogP contribution in [0.25, 0.3) is 0 Å². The van der Waals surface area contributed by atoms with Crippen molar-refractivity contribution in [2.75, 3.05) is 25.4 Å². The lowest BCUT2D eigenvalue weighted by Crippen LogP contribution is -2.35. The molecule has 1 fully saturated rings. The van der Waals surface area contributed by atoms with Crippen molar-refractivity contribution in [2.45, 2.75) is 6.42 Å². The van der Waals surface area contributed by atoms with Crippen LogP contribution in [0.2, 0.25) is 0 Å². The molecular formula is C12H15N3O5S. The molecule has 1 aromatic heterocycles. The molecule has 0 saturated carbocycles. The molecule has 1 amide bonds. The molecule has 1 aromatic rings.